The molecule has 6 heteroatoms. The average molecular weight is 279 g/mol. The summed E-state index contributed by atoms with van der Waals surface area (Å²) in [5.74, 6) is -0.915. The molecule has 0 saturated heterocycles. The van der Waals surface area contributed by atoms with E-state index in [2.05, 4.69) is 10.3 Å². The van der Waals surface area contributed by atoms with Crippen molar-refractivity contribution in [2.45, 2.75) is 39.3 Å². The lowest BCUT2D eigenvalue weighted by Gasteiger charge is -2.28. The Kier molecular flexibility index (Phi) is 5.96. The van der Waals surface area contributed by atoms with Gasteiger partial charge in [-0.3, -0.25) is 9.78 Å². The monoisotopic (exact) mass is 279 g/mol. The third-order valence-electron chi connectivity index (χ3n) is 3.08. The van der Waals surface area contributed by atoms with E-state index < -0.39 is 5.97 Å². The number of urea groups is 1. The van der Waals surface area contributed by atoms with Crippen LogP contribution >= 0.6 is 0 Å². The second kappa shape index (κ2) is 7.47. The number of carbonyl (C=O) groups excluding carboxylic acids is 1. The van der Waals surface area contributed by atoms with Crippen LogP contribution in [0.15, 0.2) is 24.4 Å². The van der Waals surface area contributed by atoms with Crippen molar-refractivity contribution >= 4 is 12.0 Å². The number of nitrogens with zero attached hydrogens (tertiary/aromatic N) is 2. The van der Waals surface area contributed by atoms with Gasteiger partial charge in [-0.2, -0.15) is 0 Å². The molecule has 1 heterocycles. The van der Waals surface area contributed by atoms with E-state index in [1.165, 1.54) is 4.90 Å². The van der Waals surface area contributed by atoms with E-state index in [0.717, 1.165) is 5.69 Å². The Morgan fingerprint density at radius 3 is 2.60 bits per heavy atom. The summed E-state index contributed by atoms with van der Waals surface area (Å²) in [6.45, 7) is 5.84. The molecular weight excluding hydrogens is 258 g/mol. The fourth-order valence-corrected chi connectivity index (χ4v) is 1.99. The maximum atomic E-state index is 12.2. The van der Waals surface area contributed by atoms with Crippen LogP contribution < -0.4 is 5.32 Å². The molecule has 0 spiro atoms. The van der Waals surface area contributed by atoms with Crippen LogP contribution in [0.1, 0.15) is 38.9 Å². The zero-order chi connectivity index (χ0) is 15.1. The first-order chi connectivity index (χ1) is 9.45. The summed E-state index contributed by atoms with van der Waals surface area (Å²) in [4.78, 5) is 28.6. The smallest absolute Gasteiger partial charge is 0.318 e. The maximum absolute atomic E-state index is 12.2. The van der Waals surface area contributed by atoms with Gasteiger partial charge in [-0.15, -0.1) is 0 Å². The molecule has 1 aromatic heterocycles. The summed E-state index contributed by atoms with van der Waals surface area (Å²) in [7, 11) is 0. The van der Waals surface area contributed by atoms with E-state index in [9.17, 15) is 9.59 Å². The Morgan fingerprint density at radius 1 is 1.40 bits per heavy atom. The molecule has 1 aromatic rings. The molecule has 0 aliphatic carbocycles. The van der Waals surface area contributed by atoms with Crippen LogP contribution in [-0.2, 0) is 4.79 Å². The minimum atomic E-state index is -0.915. The molecule has 2 atom stereocenters. The van der Waals surface area contributed by atoms with Crippen molar-refractivity contribution in [3.05, 3.63) is 30.1 Å². The van der Waals surface area contributed by atoms with E-state index in [-0.39, 0.29) is 24.5 Å². The number of carboxylic acid groups (broad SMARTS) is 1. The highest BCUT2D eigenvalue weighted by Crippen LogP contribution is 2.10. The molecule has 0 bridgehead atoms. The second-order valence-corrected chi connectivity index (χ2v) is 4.66. The van der Waals surface area contributed by atoms with Crippen molar-refractivity contribution in [3.8, 4) is 0 Å². The number of pyridine rings is 1. The largest absolute Gasteiger partial charge is 0.481 e. The average Bonchev–Trinajstić information content (AvgIpc) is 2.39. The number of rotatable bonds is 6. The lowest BCUT2D eigenvalue weighted by atomic mass is 10.2. The predicted molar refractivity (Wildman–Crippen MR) is 75.3 cm³/mol. The van der Waals surface area contributed by atoms with Gasteiger partial charge in [0.2, 0.25) is 0 Å². The zero-order valence-electron chi connectivity index (χ0n) is 12.0. The topological polar surface area (TPSA) is 82.5 Å². The van der Waals surface area contributed by atoms with Gasteiger partial charge in [-0.05, 0) is 32.9 Å². The van der Waals surface area contributed by atoms with Crippen LogP contribution in [0.4, 0.5) is 4.79 Å². The molecule has 20 heavy (non-hydrogen) atoms. The number of aliphatic carboxylic acids is 1. The van der Waals surface area contributed by atoms with E-state index >= 15 is 0 Å². The number of aromatic nitrogens is 1. The van der Waals surface area contributed by atoms with E-state index in [0.29, 0.717) is 6.54 Å². The van der Waals surface area contributed by atoms with Gasteiger partial charge in [-0.25, -0.2) is 4.79 Å². The third-order valence-corrected chi connectivity index (χ3v) is 3.08. The molecule has 0 aliphatic rings. The number of carbonyl (C=O) groups is 2. The Bertz CT molecular complexity index is 450. The molecule has 2 amide bonds. The normalized spacial score (nSPS) is 13.3. The SMILES string of the molecule is CCN(C(=O)NC(C)c1ccccn1)C(C)CC(=O)O. The maximum Gasteiger partial charge on any atom is 0.318 e. The van der Waals surface area contributed by atoms with E-state index in [1.807, 2.05) is 32.0 Å². The van der Waals surface area contributed by atoms with Gasteiger partial charge in [0.1, 0.15) is 0 Å². The highest BCUT2D eigenvalue weighted by Gasteiger charge is 2.22. The number of hydrogen-bond donors (Lipinski definition) is 2. The minimum absolute atomic E-state index is 0.0702. The highest BCUT2D eigenvalue weighted by molar-refractivity contribution is 5.76. The molecule has 0 aliphatic heterocycles. The Hall–Kier alpha value is -2.11. The predicted octanol–water partition coefficient (Wildman–Crippen LogP) is 2.04. The fourth-order valence-electron chi connectivity index (χ4n) is 1.99. The number of carboxylic acids is 1. The van der Waals surface area contributed by atoms with Gasteiger partial charge in [0, 0.05) is 18.8 Å². The number of nitrogens with one attached hydrogen (secondary N) is 1. The summed E-state index contributed by atoms with van der Waals surface area (Å²) < 4.78 is 0. The van der Waals surface area contributed by atoms with Crippen molar-refractivity contribution in [1.29, 1.82) is 0 Å². The van der Waals surface area contributed by atoms with Crippen molar-refractivity contribution in [2.75, 3.05) is 6.54 Å². The van der Waals surface area contributed by atoms with Crippen LogP contribution in [0.25, 0.3) is 0 Å². The van der Waals surface area contributed by atoms with Crippen LogP contribution in [0.2, 0.25) is 0 Å². The molecule has 110 valence electrons. The minimum Gasteiger partial charge on any atom is -0.481 e. The van der Waals surface area contributed by atoms with Crippen molar-refractivity contribution in [2.24, 2.45) is 0 Å². The van der Waals surface area contributed by atoms with Gasteiger partial charge in [0.05, 0.1) is 18.2 Å². The molecule has 2 N–H and O–H groups in total. The summed E-state index contributed by atoms with van der Waals surface area (Å²) in [5.41, 5.74) is 0.766. The van der Waals surface area contributed by atoms with Gasteiger partial charge in [0.25, 0.3) is 0 Å². The Labute approximate surface area is 118 Å². The van der Waals surface area contributed by atoms with Gasteiger partial charge >= 0.3 is 12.0 Å². The molecule has 0 fully saturated rings. The number of amides is 2. The molecule has 2 unspecified atom stereocenters. The van der Waals surface area contributed by atoms with Crippen molar-refractivity contribution in [1.82, 2.24) is 15.2 Å². The lowest BCUT2D eigenvalue weighted by Crippen LogP contribution is -2.46. The van der Waals surface area contributed by atoms with Gasteiger partial charge in [-0.1, -0.05) is 6.07 Å². The standard InChI is InChI=1S/C14H21N3O3/c1-4-17(10(2)9-13(18)19)14(20)16-11(3)12-7-5-6-8-15-12/h5-8,10-11H,4,9H2,1-3H3,(H,16,20)(H,18,19). The molecular formula is C14H21N3O3. The molecule has 0 aromatic carbocycles. The summed E-state index contributed by atoms with van der Waals surface area (Å²) in [6, 6.07) is 4.64. The summed E-state index contributed by atoms with van der Waals surface area (Å²) in [5, 5.41) is 11.6. The fraction of sp³-hybridized carbons (Fsp3) is 0.500. The van der Waals surface area contributed by atoms with E-state index in [1.54, 1.807) is 13.1 Å². The molecule has 0 radical (unpaired) electrons. The van der Waals surface area contributed by atoms with Crippen LogP contribution in [-0.4, -0.2) is 39.6 Å². The summed E-state index contributed by atoms with van der Waals surface area (Å²) in [6.07, 6.45) is 1.60. The third kappa shape index (κ3) is 4.53. The quantitative estimate of drug-likeness (QED) is 0.834. The highest BCUT2D eigenvalue weighted by atomic mass is 16.4. The summed E-state index contributed by atoms with van der Waals surface area (Å²) >= 11 is 0. The Morgan fingerprint density at radius 2 is 2.10 bits per heavy atom. The first-order valence-electron chi connectivity index (χ1n) is 6.65. The first kappa shape index (κ1) is 15.9. The molecule has 1 rings (SSSR count). The number of hydrogen-bond acceptors (Lipinski definition) is 3. The van der Waals surface area contributed by atoms with Gasteiger partial charge in [0.15, 0.2) is 0 Å². The van der Waals surface area contributed by atoms with E-state index in [4.69, 9.17) is 5.11 Å². The van der Waals surface area contributed by atoms with Crippen LogP contribution in [0.3, 0.4) is 0 Å². The first-order valence-corrected chi connectivity index (χ1v) is 6.65. The Balaban J connectivity index is 2.65. The van der Waals surface area contributed by atoms with Gasteiger partial charge < -0.3 is 15.3 Å². The van der Waals surface area contributed by atoms with Crippen LogP contribution in [0.5, 0.6) is 0 Å². The van der Waals surface area contributed by atoms with Crippen molar-refractivity contribution in [3.63, 3.8) is 0 Å². The zero-order valence-corrected chi connectivity index (χ0v) is 12.0. The van der Waals surface area contributed by atoms with Crippen LogP contribution in [0, 0.1) is 0 Å². The molecule has 6 nitrogen and oxygen atoms in total. The lowest BCUT2D eigenvalue weighted by molar-refractivity contribution is -0.138. The van der Waals surface area contributed by atoms with Crippen molar-refractivity contribution < 1.29 is 14.7 Å². The molecule has 0 saturated carbocycles. The second-order valence-electron chi connectivity index (χ2n) is 4.66.